The lowest BCUT2D eigenvalue weighted by Gasteiger charge is -2.31. The van der Waals surface area contributed by atoms with Gasteiger partial charge in [-0.3, -0.25) is 19.2 Å². The molecule has 0 fully saturated rings. The Hall–Kier alpha value is -0.720. The molecule has 81 heavy (non-hydrogen) atoms. The van der Waals surface area contributed by atoms with Crippen molar-refractivity contribution in [2.24, 2.45) is 5.41 Å². The molecule has 0 aliphatic carbocycles. The zero-order valence-electron chi connectivity index (χ0n) is 53.8. The summed E-state index contributed by atoms with van der Waals surface area (Å²) in [5.74, 6) is 5.28. The van der Waals surface area contributed by atoms with Crippen LogP contribution in [0.1, 0.15) is 336 Å². The highest BCUT2D eigenvalue weighted by atomic mass is 32.2. The number of hydrogen-bond donors (Lipinski definition) is 0. The Kier molecular flexibility index (Phi) is 66.2. The van der Waals surface area contributed by atoms with Gasteiger partial charge in [0.25, 0.3) is 0 Å². The monoisotopic (exact) mass is 1220 g/mol. The molecule has 12 heteroatoms. The van der Waals surface area contributed by atoms with E-state index in [9.17, 15) is 19.2 Å². The van der Waals surface area contributed by atoms with Gasteiger partial charge in [-0.1, -0.05) is 285 Å². The number of carbonyl (C=O) groups is 4. The van der Waals surface area contributed by atoms with E-state index in [1.807, 2.05) is 0 Å². The summed E-state index contributed by atoms with van der Waals surface area (Å²) in [6.45, 7) is 8.34. The number of thioether (sulfide) groups is 4. The van der Waals surface area contributed by atoms with E-state index in [-0.39, 0.29) is 76.0 Å². The Labute approximate surface area is 519 Å². The van der Waals surface area contributed by atoms with E-state index >= 15 is 0 Å². The Morgan fingerprint density at radius 3 is 0.531 bits per heavy atom. The van der Waals surface area contributed by atoms with Crippen LogP contribution in [0.25, 0.3) is 0 Å². The topological polar surface area (TPSA) is 105 Å². The maximum atomic E-state index is 13.3. The van der Waals surface area contributed by atoms with Gasteiger partial charge in [-0.05, 0) is 48.7 Å². The molecule has 0 amide bonds. The van der Waals surface area contributed by atoms with Gasteiger partial charge >= 0.3 is 23.9 Å². The van der Waals surface area contributed by atoms with Crippen molar-refractivity contribution in [2.45, 2.75) is 336 Å². The van der Waals surface area contributed by atoms with Gasteiger partial charge < -0.3 is 18.9 Å². The van der Waals surface area contributed by atoms with E-state index < -0.39 is 5.41 Å². The van der Waals surface area contributed by atoms with Crippen LogP contribution in [0.15, 0.2) is 0 Å². The third kappa shape index (κ3) is 62.2. The average molecular weight is 1220 g/mol. The first-order chi connectivity index (χ1) is 39.8. The predicted molar refractivity (Wildman–Crippen MR) is 360 cm³/mol. The second kappa shape index (κ2) is 66.8. The van der Waals surface area contributed by atoms with Gasteiger partial charge in [0.15, 0.2) is 0 Å². The lowest BCUT2D eigenvalue weighted by atomic mass is 9.92. The molecule has 0 saturated heterocycles. The molecule has 0 aliphatic rings. The van der Waals surface area contributed by atoms with Crippen LogP contribution in [-0.4, -0.2) is 96.3 Å². The second-order valence-corrected chi connectivity index (χ2v) is 28.6. The molecule has 0 aromatic rings. The molecule has 480 valence electrons. The number of hydrogen-bond acceptors (Lipinski definition) is 12. The summed E-state index contributed by atoms with van der Waals surface area (Å²) in [5, 5.41) is 0. The van der Waals surface area contributed by atoms with Gasteiger partial charge in [-0.15, -0.1) is 0 Å². The van der Waals surface area contributed by atoms with Crippen LogP contribution in [-0.2, 0) is 38.1 Å². The first-order valence-electron chi connectivity index (χ1n) is 34.8. The molecule has 0 bridgehead atoms. The van der Waals surface area contributed by atoms with Crippen LogP contribution in [0.4, 0.5) is 0 Å². The molecule has 0 N–H and O–H groups in total. The normalized spacial score (nSPS) is 11.6. The van der Waals surface area contributed by atoms with Crippen molar-refractivity contribution >= 4 is 70.9 Å². The zero-order valence-corrected chi connectivity index (χ0v) is 57.1. The van der Waals surface area contributed by atoms with Crippen LogP contribution in [0.3, 0.4) is 0 Å². The summed E-state index contributed by atoms with van der Waals surface area (Å²) in [5.41, 5.74) is -1.23. The SMILES string of the molecule is CCCCCCCCCCCCCSCCC(=O)OCC(COC(=O)CCSCCCCCCCCCCCCC)(COC(=O)CCSCCCCCCCCCCCCC)COC(=O)CCSCCCCCCCCCCCCC. The zero-order chi connectivity index (χ0) is 58.9. The molecule has 0 atom stereocenters. The first kappa shape index (κ1) is 80.3. The largest absolute Gasteiger partial charge is 0.465 e. The van der Waals surface area contributed by atoms with Gasteiger partial charge in [0.2, 0.25) is 0 Å². The molecule has 0 aromatic carbocycles. The van der Waals surface area contributed by atoms with Crippen molar-refractivity contribution in [3.8, 4) is 0 Å². The van der Waals surface area contributed by atoms with E-state index in [0.29, 0.717) is 23.0 Å². The van der Waals surface area contributed by atoms with Crippen LogP contribution in [0.2, 0.25) is 0 Å². The summed E-state index contributed by atoms with van der Waals surface area (Å²) in [4.78, 5) is 53.3. The van der Waals surface area contributed by atoms with Crippen molar-refractivity contribution in [2.75, 3.05) is 72.5 Å². The van der Waals surface area contributed by atoms with Crippen molar-refractivity contribution in [3.63, 3.8) is 0 Å². The highest BCUT2D eigenvalue weighted by molar-refractivity contribution is 7.99. The molecule has 0 saturated carbocycles. The Bertz CT molecular complexity index is 1140. The molecule has 0 unspecified atom stereocenters. The highest BCUT2D eigenvalue weighted by Gasteiger charge is 2.38. The number of carbonyl (C=O) groups excluding carboxylic acids is 4. The molecule has 0 heterocycles. The molecule has 0 rings (SSSR count). The molecule has 0 aliphatic heterocycles. The fraction of sp³-hybridized carbons (Fsp3) is 0.942. The van der Waals surface area contributed by atoms with Crippen molar-refractivity contribution in [1.82, 2.24) is 0 Å². The minimum atomic E-state index is -1.23. The summed E-state index contributed by atoms with van der Waals surface area (Å²) in [6.07, 6.45) is 58.6. The van der Waals surface area contributed by atoms with Crippen molar-refractivity contribution < 1.29 is 38.1 Å². The van der Waals surface area contributed by atoms with Gasteiger partial charge in [-0.2, -0.15) is 47.0 Å². The number of unbranched alkanes of at least 4 members (excludes halogenated alkanes) is 40. The summed E-state index contributed by atoms with van der Waals surface area (Å²) < 4.78 is 23.8. The Balaban J connectivity index is 5.41. The number of rotatable bonds is 68. The summed E-state index contributed by atoms with van der Waals surface area (Å²) >= 11 is 7.13. The summed E-state index contributed by atoms with van der Waals surface area (Å²) in [7, 11) is 0. The maximum Gasteiger partial charge on any atom is 0.306 e. The predicted octanol–water partition coefficient (Wildman–Crippen LogP) is 21.9. The number of esters is 4. The second-order valence-electron chi connectivity index (χ2n) is 23.7. The molecular formula is C69H132O8S4. The van der Waals surface area contributed by atoms with E-state index in [1.165, 1.54) is 257 Å². The van der Waals surface area contributed by atoms with Gasteiger partial charge in [0.05, 0.1) is 25.7 Å². The van der Waals surface area contributed by atoms with E-state index in [1.54, 1.807) is 47.0 Å². The van der Waals surface area contributed by atoms with Crippen LogP contribution < -0.4 is 0 Å². The van der Waals surface area contributed by atoms with Crippen molar-refractivity contribution in [1.29, 1.82) is 0 Å². The maximum absolute atomic E-state index is 13.3. The first-order valence-corrected chi connectivity index (χ1v) is 39.4. The highest BCUT2D eigenvalue weighted by Crippen LogP contribution is 2.25. The third-order valence-corrected chi connectivity index (χ3v) is 19.8. The quantitative estimate of drug-likeness (QED) is 0.0329. The van der Waals surface area contributed by atoms with Gasteiger partial charge in [0, 0.05) is 23.0 Å². The van der Waals surface area contributed by atoms with Gasteiger partial charge in [-0.25, -0.2) is 0 Å². The average Bonchev–Trinajstić information content (AvgIpc) is 3.47. The van der Waals surface area contributed by atoms with E-state index in [2.05, 4.69) is 27.7 Å². The molecular weight excluding hydrogens is 1090 g/mol. The van der Waals surface area contributed by atoms with Gasteiger partial charge in [0.1, 0.15) is 31.8 Å². The third-order valence-electron chi connectivity index (χ3n) is 15.5. The lowest BCUT2D eigenvalue weighted by Crippen LogP contribution is -2.44. The standard InChI is InChI=1S/C69H132O8S4/c1-5-9-13-17-21-25-29-33-37-41-45-53-78-57-49-65(70)74-61-69(62-75-66(71)50-58-79-54-46-42-38-34-30-26-22-18-14-10-6-2,63-76-67(72)51-59-80-55-47-43-39-35-31-27-23-19-15-11-7-3)64-77-68(73)52-60-81-56-48-44-40-36-32-28-24-20-16-12-8-4/h5-64H2,1-4H3. The van der Waals surface area contributed by atoms with Crippen LogP contribution in [0, 0.1) is 5.41 Å². The smallest absolute Gasteiger partial charge is 0.306 e. The number of ether oxygens (including phenoxy) is 4. The fourth-order valence-corrected chi connectivity index (χ4v) is 13.7. The van der Waals surface area contributed by atoms with Crippen molar-refractivity contribution in [3.05, 3.63) is 0 Å². The van der Waals surface area contributed by atoms with Crippen LogP contribution in [0.5, 0.6) is 0 Å². The van der Waals surface area contributed by atoms with Crippen LogP contribution >= 0.6 is 47.0 Å². The molecule has 0 aromatic heterocycles. The molecule has 8 nitrogen and oxygen atoms in total. The van der Waals surface area contributed by atoms with E-state index in [4.69, 9.17) is 18.9 Å². The van der Waals surface area contributed by atoms with E-state index in [0.717, 1.165) is 48.7 Å². The fourth-order valence-electron chi connectivity index (χ4n) is 9.98. The lowest BCUT2D eigenvalue weighted by molar-refractivity contribution is -0.170. The minimum Gasteiger partial charge on any atom is -0.465 e. The minimum absolute atomic E-state index is 0.183. The summed E-state index contributed by atoms with van der Waals surface area (Å²) in [6, 6.07) is 0. The molecule has 0 spiro atoms. The Morgan fingerprint density at radius 1 is 0.222 bits per heavy atom. The Morgan fingerprint density at radius 2 is 0.370 bits per heavy atom. The molecule has 0 radical (unpaired) electrons.